The van der Waals surface area contributed by atoms with Crippen molar-refractivity contribution < 1.29 is 14.8 Å². The molecule has 1 aliphatic carbocycles. The summed E-state index contributed by atoms with van der Waals surface area (Å²) >= 11 is 0. The number of non-ortho nitro benzene ring substituents is 1. The predicted molar refractivity (Wildman–Crippen MR) is 86.1 cm³/mol. The molecule has 1 aliphatic rings. The van der Waals surface area contributed by atoms with Gasteiger partial charge in [-0.1, -0.05) is 30.3 Å². The van der Waals surface area contributed by atoms with E-state index in [0.717, 1.165) is 29.5 Å². The largest absolute Gasteiger partial charge is 0.389 e. The van der Waals surface area contributed by atoms with Crippen LogP contribution in [0.2, 0.25) is 0 Å². The number of rotatable bonds is 4. The Hall–Kier alpha value is -2.53. The van der Waals surface area contributed by atoms with Crippen LogP contribution in [0.3, 0.4) is 0 Å². The van der Waals surface area contributed by atoms with Gasteiger partial charge in [-0.2, -0.15) is 0 Å². The number of carbonyl (C=O) groups is 1. The Balaban J connectivity index is 1.93. The summed E-state index contributed by atoms with van der Waals surface area (Å²) in [7, 11) is 0. The summed E-state index contributed by atoms with van der Waals surface area (Å²) in [5, 5.41) is 19.9. The fourth-order valence-corrected chi connectivity index (χ4v) is 3.14. The zero-order valence-corrected chi connectivity index (χ0v) is 12.6. The number of ketones is 1. The van der Waals surface area contributed by atoms with E-state index >= 15 is 0 Å². The Morgan fingerprint density at radius 3 is 2.70 bits per heavy atom. The number of hydrogen-bond acceptors (Lipinski definition) is 4. The Morgan fingerprint density at radius 1 is 1.17 bits per heavy atom. The molecular formula is C18H17NO4. The second-order valence-electron chi connectivity index (χ2n) is 5.86. The molecule has 118 valence electrons. The number of nitro benzene ring substituents is 1. The molecule has 0 heterocycles. The number of benzene rings is 2. The molecule has 1 atom stereocenters. The van der Waals surface area contributed by atoms with Gasteiger partial charge < -0.3 is 5.11 Å². The first-order valence-electron chi connectivity index (χ1n) is 7.58. The zero-order valence-electron chi connectivity index (χ0n) is 12.6. The van der Waals surface area contributed by atoms with E-state index in [4.69, 9.17) is 5.11 Å². The first-order valence-corrected chi connectivity index (χ1v) is 7.58. The Bertz CT molecular complexity index is 769. The van der Waals surface area contributed by atoms with Crippen LogP contribution < -0.4 is 0 Å². The van der Waals surface area contributed by atoms with Crippen molar-refractivity contribution >= 4 is 11.5 Å². The van der Waals surface area contributed by atoms with Crippen molar-refractivity contribution in [2.45, 2.75) is 19.3 Å². The van der Waals surface area contributed by atoms with Crippen LogP contribution in [0.5, 0.6) is 0 Å². The van der Waals surface area contributed by atoms with Gasteiger partial charge in [0.15, 0.2) is 5.78 Å². The lowest BCUT2D eigenvalue weighted by Crippen LogP contribution is -2.24. The minimum Gasteiger partial charge on any atom is -0.389 e. The molecule has 1 N–H and O–H groups in total. The Morgan fingerprint density at radius 2 is 1.96 bits per heavy atom. The summed E-state index contributed by atoms with van der Waals surface area (Å²) in [6, 6.07) is 12.5. The van der Waals surface area contributed by atoms with E-state index in [-0.39, 0.29) is 17.4 Å². The lowest BCUT2D eigenvalue weighted by molar-refractivity contribution is -0.384. The lowest BCUT2D eigenvalue weighted by Gasteiger charge is -2.23. The van der Waals surface area contributed by atoms with Crippen molar-refractivity contribution in [1.29, 1.82) is 0 Å². The smallest absolute Gasteiger partial charge is 0.270 e. The van der Waals surface area contributed by atoms with Crippen molar-refractivity contribution in [1.82, 2.24) is 0 Å². The minimum atomic E-state index is -0.412. The molecule has 5 nitrogen and oxygen atoms in total. The summed E-state index contributed by atoms with van der Waals surface area (Å²) in [5.41, 5.74) is 4.06. The van der Waals surface area contributed by atoms with Gasteiger partial charge in [0.2, 0.25) is 0 Å². The number of aliphatic hydroxyl groups is 1. The van der Waals surface area contributed by atoms with Gasteiger partial charge in [0.05, 0.1) is 4.92 Å². The third-order valence-electron chi connectivity index (χ3n) is 4.44. The maximum atomic E-state index is 11.7. The molecule has 0 bridgehead atoms. The second-order valence-corrected chi connectivity index (χ2v) is 5.86. The molecule has 0 aliphatic heterocycles. The van der Waals surface area contributed by atoms with Crippen LogP contribution in [0.15, 0.2) is 42.5 Å². The van der Waals surface area contributed by atoms with Gasteiger partial charge in [0.25, 0.3) is 5.69 Å². The number of aliphatic hydroxyl groups excluding tert-OH is 1. The highest BCUT2D eigenvalue weighted by molar-refractivity contribution is 5.82. The van der Waals surface area contributed by atoms with Gasteiger partial charge in [-0.05, 0) is 41.5 Å². The van der Waals surface area contributed by atoms with E-state index < -0.39 is 11.5 Å². The van der Waals surface area contributed by atoms with Crippen LogP contribution >= 0.6 is 0 Å². The number of carbonyl (C=O) groups excluding carboxylic acids is 1. The van der Waals surface area contributed by atoms with Crippen molar-refractivity contribution in [3.8, 4) is 11.1 Å². The molecule has 3 rings (SSSR count). The summed E-state index contributed by atoms with van der Waals surface area (Å²) < 4.78 is 0. The van der Waals surface area contributed by atoms with Crippen molar-refractivity contribution in [2.75, 3.05) is 6.61 Å². The van der Waals surface area contributed by atoms with Gasteiger partial charge >= 0.3 is 0 Å². The third-order valence-corrected chi connectivity index (χ3v) is 4.44. The molecule has 0 saturated carbocycles. The van der Waals surface area contributed by atoms with Crippen LogP contribution in [0.4, 0.5) is 5.69 Å². The fraction of sp³-hybridized carbons (Fsp3) is 0.278. The topological polar surface area (TPSA) is 80.4 Å². The predicted octanol–water partition coefficient (Wildman–Crippen LogP) is 2.93. The molecular weight excluding hydrogens is 294 g/mol. The third kappa shape index (κ3) is 3.14. The average Bonchev–Trinajstić information content (AvgIpc) is 2.60. The van der Waals surface area contributed by atoms with Gasteiger partial charge in [0.1, 0.15) is 6.61 Å². The van der Waals surface area contributed by atoms with Crippen LogP contribution in [-0.4, -0.2) is 22.4 Å². The van der Waals surface area contributed by atoms with Gasteiger partial charge in [-0.25, -0.2) is 0 Å². The van der Waals surface area contributed by atoms with Crippen LogP contribution in [0, 0.1) is 16.0 Å². The number of Topliss-reactive ketones (excluding diaryl/α,β-unsaturated/α-hetero) is 1. The summed E-state index contributed by atoms with van der Waals surface area (Å²) in [4.78, 5) is 22.2. The van der Waals surface area contributed by atoms with Gasteiger partial charge in [-0.15, -0.1) is 0 Å². The fourth-order valence-electron chi connectivity index (χ4n) is 3.14. The number of aryl methyl sites for hydroxylation is 1. The van der Waals surface area contributed by atoms with E-state index in [0.29, 0.717) is 6.42 Å². The summed E-state index contributed by atoms with van der Waals surface area (Å²) in [5.74, 6) is -0.246. The summed E-state index contributed by atoms with van der Waals surface area (Å²) in [6.45, 7) is -0.412. The standard InChI is InChI=1S/C18H17NO4/c20-11-18(21)15-7-5-12-4-6-14(8-16(12)9-15)13-2-1-3-17(10-13)19(22)23/h1-4,6,8,10,15,20H,5,7,9,11H2. The van der Waals surface area contributed by atoms with E-state index in [1.54, 1.807) is 12.1 Å². The average molecular weight is 311 g/mol. The Labute approximate surface area is 133 Å². The molecule has 2 aromatic carbocycles. The van der Waals surface area contributed by atoms with Crippen LogP contribution in [0.1, 0.15) is 17.5 Å². The maximum Gasteiger partial charge on any atom is 0.270 e. The molecule has 23 heavy (non-hydrogen) atoms. The molecule has 0 radical (unpaired) electrons. The van der Waals surface area contributed by atoms with E-state index in [2.05, 4.69) is 0 Å². The van der Waals surface area contributed by atoms with E-state index in [1.165, 1.54) is 11.6 Å². The van der Waals surface area contributed by atoms with Crippen molar-refractivity contribution in [2.24, 2.45) is 5.92 Å². The van der Waals surface area contributed by atoms with Crippen LogP contribution in [-0.2, 0) is 17.6 Å². The first kappa shape index (κ1) is 15.4. The van der Waals surface area contributed by atoms with Crippen LogP contribution in [0.25, 0.3) is 11.1 Å². The molecule has 0 amide bonds. The van der Waals surface area contributed by atoms with Gasteiger partial charge in [-0.3, -0.25) is 14.9 Å². The monoisotopic (exact) mass is 311 g/mol. The maximum absolute atomic E-state index is 11.7. The van der Waals surface area contributed by atoms with Gasteiger partial charge in [0, 0.05) is 18.1 Å². The SMILES string of the molecule is O=C(CO)C1CCc2ccc(-c3cccc([N+](=O)[O-])c3)cc2C1. The molecule has 0 spiro atoms. The minimum absolute atomic E-state index is 0.0635. The highest BCUT2D eigenvalue weighted by atomic mass is 16.6. The number of nitro groups is 1. The molecule has 5 heteroatoms. The molecule has 0 aromatic heterocycles. The highest BCUT2D eigenvalue weighted by Gasteiger charge is 2.24. The Kier molecular flexibility index (Phi) is 4.21. The first-order chi connectivity index (χ1) is 11.1. The van der Waals surface area contributed by atoms with Crippen molar-refractivity contribution in [3.63, 3.8) is 0 Å². The zero-order chi connectivity index (χ0) is 16.4. The lowest BCUT2D eigenvalue weighted by atomic mass is 9.81. The highest BCUT2D eigenvalue weighted by Crippen LogP contribution is 2.31. The second kappa shape index (κ2) is 6.30. The normalized spacial score (nSPS) is 16.7. The summed E-state index contributed by atoms with van der Waals surface area (Å²) in [6.07, 6.45) is 2.21. The molecule has 1 unspecified atom stereocenters. The van der Waals surface area contributed by atoms with E-state index in [1.807, 2.05) is 24.3 Å². The molecule has 2 aromatic rings. The van der Waals surface area contributed by atoms with Crippen molar-refractivity contribution in [3.05, 3.63) is 63.7 Å². The molecule has 0 fully saturated rings. The number of hydrogen-bond donors (Lipinski definition) is 1. The quantitative estimate of drug-likeness (QED) is 0.695. The van der Waals surface area contributed by atoms with E-state index in [9.17, 15) is 14.9 Å². The molecule has 0 saturated heterocycles. The number of nitrogens with zero attached hydrogens (tertiary/aromatic N) is 1. The number of fused-ring (bicyclic) bond motifs is 1.